The lowest BCUT2D eigenvalue weighted by Crippen LogP contribution is -2.39. The zero-order valence-electron chi connectivity index (χ0n) is 16.3. The molecule has 0 saturated heterocycles. The number of carbonyl (C=O) groups is 3. The van der Waals surface area contributed by atoms with Crippen LogP contribution in [0.5, 0.6) is 0 Å². The van der Waals surface area contributed by atoms with Gasteiger partial charge in [-0.2, -0.15) is 0 Å². The van der Waals surface area contributed by atoms with Crippen LogP contribution in [-0.2, 0) is 20.7 Å². The van der Waals surface area contributed by atoms with Gasteiger partial charge in [0.2, 0.25) is 0 Å². The highest BCUT2D eigenvalue weighted by Crippen LogP contribution is 2.29. The molecule has 1 amide bonds. The lowest BCUT2D eigenvalue weighted by molar-refractivity contribution is -0.155. The summed E-state index contributed by atoms with van der Waals surface area (Å²) in [6.45, 7) is 1.52. The molecule has 1 aliphatic carbocycles. The third-order valence-electron chi connectivity index (χ3n) is 5.09. The first-order chi connectivity index (χ1) is 13.9. The van der Waals surface area contributed by atoms with Gasteiger partial charge >= 0.3 is 5.97 Å². The van der Waals surface area contributed by atoms with Gasteiger partial charge in [0.1, 0.15) is 5.82 Å². The maximum atomic E-state index is 12.9. The molecule has 0 radical (unpaired) electrons. The van der Waals surface area contributed by atoms with Crippen LogP contribution in [0.2, 0.25) is 0 Å². The summed E-state index contributed by atoms with van der Waals surface area (Å²) >= 11 is 0. The van der Waals surface area contributed by atoms with Gasteiger partial charge in [0, 0.05) is 12.0 Å². The largest absolute Gasteiger partial charge is 0.453 e. The molecule has 29 heavy (non-hydrogen) atoms. The van der Waals surface area contributed by atoms with Gasteiger partial charge in [-0.3, -0.25) is 14.4 Å². The van der Waals surface area contributed by atoms with E-state index in [1.807, 2.05) is 18.2 Å². The van der Waals surface area contributed by atoms with E-state index in [-0.39, 0.29) is 30.6 Å². The summed E-state index contributed by atoms with van der Waals surface area (Å²) in [6, 6.07) is 13.1. The fraction of sp³-hybridized carbons (Fsp3) is 0.348. The SMILES string of the molecule is C[C@H](OC(=O)CCC(=O)c1ccc(F)cc1)C(=O)N[C@H]1CCCc2ccccc21. The Balaban J connectivity index is 1.47. The van der Waals surface area contributed by atoms with Crippen molar-refractivity contribution < 1.29 is 23.5 Å². The number of carbonyl (C=O) groups excluding carboxylic acids is 3. The lowest BCUT2D eigenvalue weighted by Gasteiger charge is -2.27. The monoisotopic (exact) mass is 397 g/mol. The Morgan fingerprint density at radius 1 is 1.10 bits per heavy atom. The molecule has 0 aliphatic heterocycles. The zero-order chi connectivity index (χ0) is 20.8. The van der Waals surface area contributed by atoms with E-state index in [2.05, 4.69) is 11.4 Å². The summed E-state index contributed by atoms with van der Waals surface area (Å²) in [7, 11) is 0. The standard InChI is InChI=1S/C23H24FNO4/c1-15(23(28)25-20-8-4-6-16-5-2-3-7-19(16)20)29-22(27)14-13-21(26)17-9-11-18(24)12-10-17/h2-3,5,7,9-12,15,20H,4,6,8,13-14H2,1H3,(H,25,28)/t15-,20-/m0/s1. The molecule has 0 aromatic heterocycles. The summed E-state index contributed by atoms with van der Waals surface area (Å²) in [6.07, 6.45) is 1.68. The molecule has 1 aliphatic rings. The second-order valence-electron chi connectivity index (χ2n) is 7.21. The number of amides is 1. The van der Waals surface area contributed by atoms with Crippen LogP contribution in [0.15, 0.2) is 48.5 Å². The van der Waals surface area contributed by atoms with Crippen LogP contribution in [0, 0.1) is 5.82 Å². The average molecular weight is 397 g/mol. The molecule has 6 heteroatoms. The first-order valence-corrected chi connectivity index (χ1v) is 9.80. The second-order valence-corrected chi connectivity index (χ2v) is 7.21. The van der Waals surface area contributed by atoms with E-state index in [0.29, 0.717) is 5.56 Å². The highest BCUT2D eigenvalue weighted by Gasteiger charge is 2.25. The van der Waals surface area contributed by atoms with Gasteiger partial charge in [-0.25, -0.2) is 4.39 Å². The van der Waals surface area contributed by atoms with Crippen molar-refractivity contribution >= 4 is 17.7 Å². The van der Waals surface area contributed by atoms with Crippen molar-refractivity contribution in [1.82, 2.24) is 5.32 Å². The van der Waals surface area contributed by atoms with Gasteiger partial charge in [0.15, 0.2) is 11.9 Å². The maximum Gasteiger partial charge on any atom is 0.307 e. The number of fused-ring (bicyclic) bond motifs is 1. The maximum absolute atomic E-state index is 12.9. The zero-order valence-corrected chi connectivity index (χ0v) is 16.3. The lowest BCUT2D eigenvalue weighted by atomic mass is 9.87. The van der Waals surface area contributed by atoms with E-state index >= 15 is 0 Å². The third kappa shape index (κ3) is 5.50. The van der Waals surface area contributed by atoms with Crippen LogP contribution < -0.4 is 5.32 Å². The Hall–Kier alpha value is -3.02. The summed E-state index contributed by atoms with van der Waals surface area (Å²) < 4.78 is 18.1. The van der Waals surface area contributed by atoms with Gasteiger partial charge in [-0.15, -0.1) is 0 Å². The number of esters is 1. The van der Waals surface area contributed by atoms with E-state index in [1.54, 1.807) is 0 Å². The minimum atomic E-state index is -0.947. The molecule has 2 atom stereocenters. The van der Waals surface area contributed by atoms with E-state index in [4.69, 9.17) is 4.74 Å². The van der Waals surface area contributed by atoms with E-state index < -0.39 is 17.9 Å². The van der Waals surface area contributed by atoms with Crippen molar-refractivity contribution in [1.29, 1.82) is 0 Å². The van der Waals surface area contributed by atoms with Crippen molar-refractivity contribution in [3.05, 3.63) is 71.0 Å². The molecule has 0 bridgehead atoms. The van der Waals surface area contributed by atoms with Gasteiger partial charge in [0.05, 0.1) is 12.5 Å². The molecule has 0 fully saturated rings. The number of halogens is 1. The molecule has 152 valence electrons. The number of benzene rings is 2. The van der Waals surface area contributed by atoms with Gasteiger partial charge in [-0.05, 0) is 61.6 Å². The predicted molar refractivity (Wildman–Crippen MR) is 106 cm³/mol. The highest BCUT2D eigenvalue weighted by atomic mass is 19.1. The molecular formula is C23H24FNO4. The summed E-state index contributed by atoms with van der Waals surface area (Å²) in [5.74, 6) is -1.68. The van der Waals surface area contributed by atoms with Crippen molar-refractivity contribution in [3.8, 4) is 0 Å². The van der Waals surface area contributed by atoms with Crippen LogP contribution in [-0.4, -0.2) is 23.8 Å². The number of rotatable bonds is 7. The first-order valence-electron chi connectivity index (χ1n) is 9.80. The molecule has 5 nitrogen and oxygen atoms in total. The number of nitrogens with one attached hydrogen (secondary N) is 1. The van der Waals surface area contributed by atoms with Gasteiger partial charge in [-0.1, -0.05) is 24.3 Å². The van der Waals surface area contributed by atoms with E-state index in [9.17, 15) is 18.8 Å². The predicted octanol–water partition coefficient (Wildman–Crippen LogP) is 3.91. The number of hydrogen-bond acceptors (Lipinski definition) is 4. The second kappa shape index (κ2) is 9.45. The molecular weight excluding hydrogens is 373 g/mol. The summed E-state index contributed by atoms with van der Waals surface area (Å²) in [5.41, 5.74) is 2.67. The quantitative estimate of drug-likeness (QED) is 0.568. The average Bonchev–Trinajstić information content (AvgIpc) is 2.72. The Kier molecular flexibility index (Phi) is 6.75. The topological polar surface area (TPSA) is 72.5 Å². The summed E-state index contributed by atoms with van der Waals surface area (Å²) in [4.78, 5) is 36.5. The van der Waals surface area contributed by atoms with Gasteiger partial charge in [0.25, 0.3) is 5.91 Å². The van der Waals surface area contributed by atoms with Gasteiger partial charge < -0.3 is 10.1 Å². The number of ketones is 1. The van der Waals surface area contributed by atoms with E-state index in [0.717, 1.165) is 24.8 Å². The molecule has 0 heterocycles. The number of Topliss-reactive ketones (excluding diaryl/α,β-unsaturated/α-hetero) is 1. The molecule has 0 spiro atoms. The molecule has 2 aromatic carbocycles. The van der Waals surface area contributed by atoms with Crippen molar-refractivity contribution in [2.45, 2.75) is 51.2 Å². The van der Waals surface area contributed by atoms with Crippen molar-refractivity contribution in [2.24, 2.45) is 0 Å². The number of aryl methyl sites for hydroxylation is 1. The van der Waals surface area contributed by atoms with Crippen LogP contribution in [0.1, 0.15) is 60.1 Å². The van der Waals surface area contributed by atoms with Crippen molar-refractivity contribution in [3.63, 3.8) is 0 Å². The van der Waals surface area contributed by atoms with Crippen LogP contribution >= 0.6 is 0 Å². The molecule has 0 unspecified atom stereocenters. The minimum Gasteiger partial charge on any atom is -0.453 e. The Morgan fingerprint density at radius 3 is 2.59 bits per heavy atom. The Morgan fingerprint density at radius 2 is 1.83 bits per heavy atom. The molecule has 2 aromatic rings. The highest BCUT2D eigenvalue weighted by molar-refractivity contribution is 5.97. The van der Waals surface area contributed by atoms with Crippen LogP contribution in [0.3, 0.4) is 0 Å². The molecule has 1 N–H and O–H groups in total. The molecule has 0 saturated carbocycles. The fourth-order valence-corrected chi connectivity index (χ4v) is 3.50. The smallest absolute Gasteiger partial charge is 0.307 e. The number of hydrogen-bond donors (Lipinski definition) is 1. The molecule has 3 rings (SSSR count). The minimum absolute atomic E-state index is 0.0607. The van der Waals surface area contributed by atoms with Crippen molar-refractivity contribution in [2.75, 3.05) is 0 Å². The Bertz CT molecular complexity index is 894. The normalized spacial score (nSPS) is 16.4. The third-order valence-corrected chi connectivity index (χ3v) is 5.09. The summed E-state index contributed by atoms with van der Waals surface area (Å²) in [5, 5.41) is 2.96. The Labute approximate surface area is 169 Å². The van der Waals surface area contributed by atoms with Crippen LogP contribution in [0.25, 0.3) is 0 Å². The fourth-order valence-electron chi connectivity index (χ4n) is 3.50. The van der Waals surface area contributed by atoms with E-state index in [1.165, 1.54) is 36.8 Å². The number of ether oxygens (including phenoxy) is 1. The van der Waals surface area contributed by atoms with Crippen LogP contribution in [0.4, 0.5) is 4.39 Å². The first kappa shape index (κ1) is 20.7.